The van der Waals surface area contributed by atoms with Crippen LogP contribution in [0.3, 0.4) is 0 Å². The summed E-state index contributed by atoms with van der Waals surface area (Å²) in [7, 11) is 0. The Balaban J connectivity index is 1.68. The monoisotopic (exact) mass is 384 g/mol. The molecule has 0 aliphatic carbocycles. The lowest BCUT2D eigenvalue weighted by molar-refractivity contribution is 0.199. The summed E-state index contributed by atoms with van der Waals surface area (Å²) in [5.41, 5.74) is 3.72. The van der Waals surface area contributed by atoms with E-state index in [-0.39, 0.29) is 6.04 Å². The Kier molecular flexibility index (Phi) is 5.40. The SMILES string of the molecule is CC(O)c1cccc(Nc2nc(NC(C)c3ccccc3)c3ccccc3n2)c1. The van der Waals surface area contributed by atoms with Gasteiger partial charge in [0.05, 0.1) is 11.6 Å². The Morgan fingerprint density at radius 3 is 2.31 bits per heavy atom. The average Bonchev–Trinajstić information content (AvgIpc) is 2.74. The van der Waals surface area contributed by atoms with Crippen molar-refractivity contribution in [2.45, 2.75) is 26.0 Å². The van der Waals surface area contributed by atoms with Crippen molar-refractivity contribution in [1.82, 2.24) is 9.97 Å². The molecule has 0 fully saturated rings. The second-order valence-electron chi connectivity index (χ2n) is 7.12. The van der Waals surface area contributed by atoms with Crippen molar-refractivity contribution in [2.24, 2.45) is 0 Å². The lowest BCUT2D eigenvalue weighted by Crippen LogP contribution is -2.10. The number of para-hydroxylation sites is 1. The van der Waals surface area contributed by atoms with Gasteiger partial charge in [0.25, 0.3) is 0 Å². The highest BCUT2D eigenvalue weighted by molar-refractivity contribution is 5.90. The minimum absolute atomic E-state index is 0.0981. The van der Waals surface area contributed by atoms with Crippen molar-refractivity contribution in [3.63, 3.8) is 0 Å². The van der Waals surface area contributed by atoms with Crippen LogP contribution in [-0.4, -0.2) is 15.1 Å². The molecule has 0 radical (unpaired) electrons. The van der Waals surface area contributed by atoms with Crippen molar-refractivity contribution in [2.75, 3.05) is 10.6 Å². The van der Waals surface area contributed by atoms with E-state index in [0.717, 1.165) is 28.0 Å². The fourth-order valence-electron chi connectivity index (χ4n) is 3.28. The molecule has 4 aromatic rings. The fourth-order valence-corrected chi connectivity index (χ4v) is 3.28. The Bertz CT molecular complexity index is 1110. The Labute approximate surface area is 170 Å². The lowest BCUT2D eigenvalue weighted by Gasteiger charge is -2.17. The van der Waals surface area contributed by atoms with Crippen LogP contribution in [0.5, 0.6) is 0 Å². The van der Waals surface area contributed by atoms with E-state index >= 15 is 0 Å². The quantitative estimate of drug-likeness (QED) is 0.404. The molecular weight excluding hydrogens is 360 g/mol. The van der Waals surface area contributed by atoms with E-state index in [4.69, 9.17) is 4.98 Å². The van der Waals surface area contributed by atoms with Crippen molar-refractivity contribution in [1.29, 1.82) is 0 Å². The minimum Gasteiger partial charge on any atom is -0.389 e. The highest BCUT2D eigenvalue weighted by Gasteiger charge is 2.12. The summed E-state index contributed by atoms with van der Waals surface area (Å²) in [6.45, 7) is 3.87. The van der Waals surface area contributed by atoms with Crippen LogP contribution in [0.2, 0.25) is 0 Å². The van der Waals surface area contributed by atoms with Gasteiger partial charge < -0.3 is 15.7 Å². The molecule has 0 amide bonds. The van der Waals surface area contributed by atoms with Crippen LogP contribution in [0.25, 0.3) is 10.9 Å². The Morgan fingerprint density at radius 1 is 0.793 bits per heavy atom. The van der Waals surface area contributed by atoms with E-state index < -0.39 is 6.10 Å². The summed E-state index contributed by atoms with van der Waals surface area (Å²) in [6, 6.07) is 26.0. The number of aromatic nitrogens is 2. The van der Waals surface area contributed by atoms with Crippen LogP contribution in [0, 0.1) is 0 Å². The third-order valence-corrected chi connectivity index (χ3v) is 4.88. The van der Waals surface area contributed by atoms with Gasteiger partial charge in [-0.2, -0.15) is 4.98 Å². The maximum atomic E-state index is 9.84. The van der Waals surface area contributed by atoms with E-state index in [1.165, 1.54) is 5.56 Å². The first-order chi connectivity index (χ1) is 14.1. The highest BCUT2D eigenvalue weighted by atomic mass is 16.3. The van der Waals surface area contributed by atoms with Gasteiger partial charge in [0.15, 0.2) is 0 Å². The number of rotatable bonds is 6. The molecule has 0 saturated heterocycles. The number of fused-ring (bicyclic) bond motifs is 1. The molecule has 3 aromatic carbocycles. The lowest BCUT2D eigenvalue weighted by atomic mass is 10.1. The maximum Gasteiger partial charge on any atom is 0.229 e. The van der Waals surface area contributed by atoms with Gasteiger partial charge in [-0.1, -0.05) is 54.6 Å². The number of aliphatic hydroxyl groups is 1. The summed E-state index contributed by atoms with van der Waals surface area (Å²) < 4.78 is 0. The number of benzene rings is 3. The number of aliphatic hydroxyl groups excluding tert-OH is 1. The average molecular weight is 384 g/mol. The predicted octanol–water partition coefficient (Wildman–Crippen LogP) is 5.60. The smallest absolute Gasteiger partial charge is 0.229 e. The molecule has 29 heavy (non-hydrogen) atoms. The maximum absolute atomic E-state index is 9.84. The zero-order chi connectivity index (χ0) is 20.2. The molecule has 0 aliphatic heterocycles. The molecule has 0 spiro atoms. The number of nitrogens with one attached hydrogen (secondary N) is 2. The van der Waals surface area contributed by atoms with Crippen molar-refractivity contribution in [3.8, 4) is 0 Å². The fraction of sp³-hybridized carbons (Fsp3) is 0.167. The molecule has 2 atom stereocenters. The number of hydrogen-bond donors (Lipinski definition) is 3. The van der Waals surface area contributed by atoms with Crippen molar-refractivity contribution < 1.29 is 5.11 Å². The topological polar surface area (TPSA) is 70.1 Å². The van der Waals surface area contributed by atoms with Crippen LogP contribution in [-0.2, 0) is 0 Å². The van der Waals surface area contributed by atoms with E-state index in [2.05, 4.69) is 34.7 Å². The van der Waals surface area contributed by atoms with Crippen molar-refractivity contribution in [3.05, 3.63) is 90.0 Å². The first kappa shape index (κ1) is 18.9. The summed E-state index contributed by atoms with van der Waals surface area (Å²) in [5, 5.41) is 17.6. The second-order valence-corrected chi connectivity index (χ2v) is 7.12. The molecule has 2 unspecified atom stereocenters. The first-order valence-electron chi connectivity index (χ1n) is 9.73. The molecular formula is C24H24N4O. The third kappa shape index (κ3) is 4.36. The molecule has 1 heterocycles. The van der Waals surface area contributed by atoms with E-state index in [9.17, 15) is 5.11 Å². The normalized spacial score (nSPS) is 13.1. The minimum atomic E-state index is -0.529. The van der Waals surface area contributed by atoms with Gasteiger partial charge in [-0.25, -0.2) is 4.98 Å². The molecule has 4 rings (SSSR count). The molecule has 0 bridgehead atoms. The Hall–Kier alpha value is -3.44. The molecule has 0 saturated carbocycles. The molecule has 146 valence electrons. The van der Waals surface area contributed by atoms with Gasteiger partial charge in [-0.15, -0.1) is 0 Å². The molecule has 1 aromatic heterocycles. The van der Waals surface area contributed by atoms with Gasteiger partial charge in [-0.3, -0.25) is 0 Å². The van der Waals surface area contributed by atoms with Gasteiger partial charge in [0, 0.05) is 17.1 Å². The molecule has 3 N–H and O–H groups in total. The zero-order valence-electron chi connectivity index (χ0n) is 16.5. The van der Waals surface area contributed by atoms with Crippen molar-refractivity contribution >= 4 is 28.4 Å². The van der Waals surface area contributed by atoms with Crippen LogP contribution in [0.4, 0.5) is 17.5 Å². The third-order valence-electron chi connectivity index (χ3n) is 4.88. The predicted molar refractivity (Wildman–Crippen MR) is 118 cm³/mol. The standard InChI is InChI=1S/C24H24N4O/c1-16(18-9-4-3-5-10-18)25-23-21-13-6-7-14-22(21)27-24(28-23)26-20-12-8-11-19(15-20)17(2)29/h3-17,29H,1-2H3,(H2,25,26,27,28). The van der Waals surface area contributed by atoms with Crippen LogP contribution in [0.15, 0.2) is 78.9 Å². The van der Waals surface area contributed by atoms with Crippen LogP contribution in [0.1, 0.15) is 37.1 Å². The van der Waals surface area contributed by atoms with Crippen LogP contribution >= 0.6 is 0 Å². The summed E-state index contributed by atoms with van der Waals surface area (Å²) in [5.74, 6) is 1.29. The van der Waals surface area contributed by atoms with Gasteiger partial charge in [0.1, 0.15) is 5.82 Å². The van der Waals surface area contributed by atoms with Crippen LogP contribution < -0.4 is 10.6 Å². The molecule has 0 aliphatic rings. The van der Waals surface area contributed by atoms with Gasteiger partial charge in [0.2, 0.25) is 5.95 Å². The van der Waals surface area contributed by atoms with E-state index in [0.29, 0.717) is 5.95 Å². The number of hydrogen-bond acceptors (Lipinski definition) is 5. The number of anilines is 3. The molecule has 5 nitrogen and oxygen atoms in total. The summed E-state index contributed by atoms with van der Waals surface area (Å²) >= 11 is 0. The summed E-state index contributed by atoms with van der Waals surface area (Å²) in [4.78, 5) is 9.40. The van der Waals surface area contributed by atoms with E-state index in [1.54, 1.807) is 6.92 Å². The summed E-state index contributed by atoms with van der Waals surface area (Å²) in [6.07, 6.45) is -0.529. The largest absolute Gasteiger partial charge is 0.389 e. The Morgan fingerprint density at radius 2 is 1.52 bits per heavy atom. The first-order valence-corrected chi connectivity index (χ1v) is 9.73. The number of nitrogens with zero attached hydrogens (tertiary/aromatic N) is 2. The van der Waals surface area contributed by atoms with Gasteiger partial charge >= 0.3 is 0 Å². The molecule has 5 heteroatoms. The second kappa shape index (κ2) is 8.29. The zero-order valence-corrected chi connectivity index (χ0v) is 16.5. The van der Waals surface area contributed by atoms with E-state index in [1.807, 2.05) is 66.7 Å². The highest BCUT2D eigenvalue weighted by Crippen LogP contribution is 2.27. The van der Waals surface area contributed by atoms with Gasteiger partial charge in [-0.05, 0) is 49.2 Å².